The van der Waals surface area contributed by atoms with Crippen LogP contribution in [0.25, 0.3) is 0 Å². The molecule has 0 heterocycles. The third-order valence-corrected chi connectivity index (χ3v) is 4.75. The molecule has 0 bridgehead atoms. The van der Waals surface area contributed by atoms with Crippen LogP contribution in [-0.4, -0.2) is 27.7 Å². The van der Waals surface area contributed by atoms with Gasteiger partial charge in [-0.2, -0.15) is 0 Å². The normalized spacial score (nSPS) is 18.4. The SMILES string of the molecule is CC[C@@](C)(Sc1ccccc1)[C@@H](O)[C@@H](C)CO. The summed E-state index contributed by atoms with van der Waals surface area (Å²) in [7, 11) is 0. The zero-order chi connectivity index (χ0) is 12.9. The van der Waals surface area contributed by atoms with Gasteiger partial charge in [0.1, 0.15) is 0 Å². The molecule has 0 spiro atoms. The Morgan fingerprint density at radius 3 is 2.35 bits per heavy atom. The lowest BCUT2D eigenvalue weighted by atomic mass is 9.91. The highest BCUT2D eigenvalue weighted by molar-refractivity contribution is 8.00. The number of benzene rings is 1. The second-order valence-corrected chi connectivity index (χ2v) is 6.29. The molecule has 0 fully saturated rings. The molecule has 0 unspecified atom stereocenters. The van der Waals surface area contributed by atoms with Crippen molar-refractivity contribution in [3.05, 3.63) is 30.3 Å². The van der Waals surface area contributed by atoms with Crippen molar-refractivity contribution in [3.8, 4) is 0 Å². The predicted molar refractivity (Wildman–Crippen MR) is 73.3 cm³/mol. The van der Waals surface area contributed by atoms with E-state index in [-0.39, 0.29) is 17.3 Å². The molecule has 0 amide bonds. The second kappa shape index (κ2) is 6.43. The van der Waals surface area contributed by atoms with Crippen LogP contribution in [0.3, 0.4) is 0 Å². The van der Waals surface area contributed by atoms with Crippen molar-refractivity contribution in [1.82, 2.24) is 0 Å². The Hall–Kier alpha value is -0.510. The van der Waals surface area contributed by atoms with Gasteiger partial charge in [0.15, 0.2) is 0 Å². The Kier molecular flexibility index (Phi) is 5.50. The quantitative estimate of drug-likeness (QED) is 0.767. The highest BCUT2D eigenvalue weighted by Gasteiger charge is 2.35. The molecule has 2 N–H and O–H groups in total. The van der Waals surface area contributed by atoms with Gasteiger partial charge in [-0.3, -0.25) is 0 Å². The molecular formula is C14H22O2S. The molecule has 2 nitrogen and oxygen atoms in total. The van der Waals surface area contributed by atoms with Crippen LogP contribution < -0.4 is 0 Å². The van der Waals surface area contributed by atoms with Gasteiger partial charge in [-0.05, 0) is 25.5 Å². The molecule has 1 aromatic rings. The van der Waals surface area contributed by atoms with Crippen molar-refractivity contribution in [3.63, 3.8) is 0 Å². The van der Waals surface area contributed by atoms with Gasteiger partial charge in [-0.1, -0.05) is 32.0 Å². The first-order chi connectivity index (χ1) is 8.03. The van der Waals surface area contributed by atoms with E-state index in [9.17, 15) is 5.11 Å². The first-order valence-corrected chi connectivity index (χ1v) is 6.88. The fourth-order valence-corrected chi connectivity index (χ4v) is 3.13. The summed E-state index contributed by atoms with van der Waals surface area (Å²) in [5, 5.41) is 19.5. The molecule has 1 rings (SSSR count). The molecule has 17 heavy (non-hydrogen) atoms. The highest BCUT2D eigenvalue weighted by atomic mass is 32.2. The fraction of sp³-hybridized carbons (Fsp3) is 0.571. The van der Waals surface area contributed by atoms with Gasteiger partial charge in [0, 0.05) is 22.2 Å². The van der Waals surface area contributed by atoms with Gasteiger partial charge in [0.05, 0.1) is 6.10 Å². The van der Waals surface area contributed by atoms with E-state index in [2.05, 4.69) is 26.0 Å². The summed E-state index contributed by atoms with van der Waals surface area (Å²) in [5.41, 5.74) is 0. The van der Waals surface area contributed by atoms with Crippen LogP contribution in [0.1, 0.15) is 27.2 Å². The van der Waals surface area contributed by atoms with Crippen molar-refractivity contribution in [2.75, 3.05) is 6.61 Å². The largest absolute Gasteiger partial charge is 0.396 e. The van der Waals surface area contributed by atoms with Gasteiger partial charge in [0.2, 0.25) is 0 Å². The summed E-state index contributed by atoms with van der Waals surface area (Å²) in [6, 6.07) is 10.1. The van der Waals surface area contributed by atoms with Crippen molar-refractivity contribution in [2.45, 2.75) is 42.9 Å². The van der Waals surface area contributed by atoms with Crippen LogP contribution in [0.5, 0.6) is 0 Å². The van der Waals surface area contributed by atoms with E-state index in [0.717, 1.165) is 11.3 Å². The number of hydrogen-bond acceptors (Lipinski definition) is 3. The van der Waals surface area contributed by atoms with E-state index >= 15 is 0 Å². The van der Waals surface area contributed by atoms with E-state index in [1.165, 1.54) is 0 Å². The molecular weight excluding hydrogens is 232 g/mol. The standard InChI is InChI=1S/C14H22O2S/c1-4-14(3,13(16)11(2)10-15)17-12-8-6-5-7-9-12/h5-9,11,13,15-16H,4,10H2,1-3H3/t11-,13-,14+/m0/s1. The summed E-state index contributed by atoms with van der Waals surface area (Å²) in [6.45, 7) is 6.03. The third-order valence-electron chi connectivity index (χ3n) is 3.25. The minimum atomic E-state index is -0.511. The topological polar surface area (TPSA) is 40.5 Å². The number of thioether (sulfide) groups is 1. The van der Waals surface area contributed by atoms with Gasteiger partial charge in [0.25, 0.3) is 0 Å². The fourth-order valence-electron chi connectivity index (χ4n) is 1.80. The van der Waals surface area contributed by atoms with E-state index in [4.69, 9.17) is 5.11 Å². The monoisotopic (exact) mass is 254 g/mol. The summed E-state index contributed by atoms with van der Waals surface area (Å²) >= 11 is 1.68. The molecule has 0 aromatic heterocycles. The van der Waals surface area contributed by atoms with Crippen LogP contribution in [0.15, 0.2) is 35.2 Å². The average Bonchev–Trinajstić information content (AvgIpc) is 2.37. The van der Waals surface area contributed by atoms with Crippen LogP contribution in [0.2, 0.25) is 0 Å². The maximum Gasteiger partial charge on any atom is 0.0734 e. The first-order valence-electron chi connectivity index (χ1n) is 6.06. The van der Waals surface area contributed by atoms with Gasteiger partial charge in [-0.15, -0.1) is 11.8 Å². The zero-order valence-corrected chi connectivity index (χ0v) is 11.6. The van der Waals surface area contributed by atoms with Crippen LogP contribution in [0.4, 0.5) is 0 Å². The predicted octanol–water partition coefficient (Wildman–Crippen LogP) is 2.94. The minimum Gasteiger partial charge on any atom is -0.396 e. The first kappa shape index (κ1) is 14.6. The maximum atomic E-state index is 10.3. The van der Waals surface area contributed by atoms with Gasteiger partial charge >= 0.3 is 0 Å². The average molecular weight is 254 g/mol. The molecule has 0 saturated carbocycles. The van der Waals surface area contributed by atoms with Crippen LogP contribution in [-0.2, 0) is 0 Å². The Bertz CT molecular complexity index is 328. The zero-order valence-electron chi connectivity index (χ0n) is 10.8. The molecule has 0 radical (unpaired) electrons. The van der Waals surface area contributed by atoms with Crippen molar-refractivity contribution < 1.29 is 10.2 Å². The number of aliphatic hydroxyl groups excluding tert-OH is 2. The van der Waals surface area contributed by atoms with Crippen LogP contribution >= 0.6 is 11.8 Å². The molecule has 0 aliphatic heterocycles. The second-order valence-electron chi connectivity index (χ2n) is 4.69. The molecule has 96 valence electrons. The third kappa shape index (κ3) is 3.73. The van der Waals surface area contributed by atoms with Crippen LogP contribution in [0, 0.1) is 5.92 Å². The Labute approximate surface area is 108 Å². The molecule has 1 aromatic carbocycles. The Balaban J connectivity index is 2.82. The van der Waals surface area contributed by atoms with Gasteiger partial charge in [-0.25, -0.2) is 0 Å². The summed E-state index contributed by atoms with van der Waals surface area (Å²) in [6.07, 6.45) is 0.348. The van der Waals surface area contributed by atoms with E-state index in [0.29, 0.717) is 0 Å². The highest BCUT2D eigenvalue weighted by Crippen LogP contribution is 2.40. The smallest absolute Gasteiger partial charge is 0.0734 e. The number of aliphatic hydroxyl groups is 2. The Morgan fingerprint density at radius 2 is 1.88 bits per heavy atom. The lowest BCUT2D eigenvalue weighted by molar-refractivity contribution is 0.0490. The van der Waals surface area contributed by atoms with Gasteiger partial charge < -0.3 is 10.2 Å². The number of rotatable bonds is 6. The van der Waals surface area contributed by atoms with Crippen molar-refractivity contribution >= 4 is 11.8 Å². The lowest BCUT2D eigenvalue weighted by Gasteiger charge is -2.36. The maximum absolute atomic E-state index is 10.3. The molecule has 3 atom stereocenters. The summed E-state index contributed by atoms with van der Waals surface area (Å²) in [4.78, 5) is 1.15. The van der Waals surface area contributed by atoms with E-state index < -0.39 is 6.10 Å². The molecule has 3 heteroatoms. The molecule has 0 saturated heterocycles. The van der Waals surface area contributed by atoms with E-state index in [1.807, 2.05) is 25.1 Å². The molecule has 0 aliphatic rings. The molecule has 0 aliphatic carbocycles. The van der Waals surface area contributed by atoms with Crippen molar-refractivity contribution in [1.29, 1.82) is 0 Å². The number of hydrogen-bond donors (Lipinski definition) is 2. The minimum absolute atomic E-state index is 0.0199. The van der Waals surface area contributed by atoms with Crippen molar-refractivity contribution in [2.24, 2.45) is 5.92 Å². The Morgan fingerprint density at radius 1 is 1.29 bits per heavy atom. The summed E-state index contributed by atoms with van der Waals surface area (Å²) < 4.78 is -0.260. The lowest BCUT2D eigenvalue weighted by Crippen LogP contribution is -2.41. The summed E-state index contributed by atoms with van der Waals surface area (Å²) in [5.74, 6) is -0.101. The van der Waals surface area contributed by atoms with E-state index in [1.54, 1.807) is 11.8 Å².